The fourth-order valence-electron chi connectivity index (χ4n) is 2.82. The van der Waals surface area contributed by atoms with Crippen LogP contribution in [-0.4, -0.2) is 38.5 Å². The fraction of sp³-hybridized carbons (Fsp3) is 0.600. The molecule has 0 radical (unpaired) electrons. The van der Waals surface area contributed by atoms with Crippen LogP contribution in [0, 0.1) is 12.8 Å². The summed E-state index contributed by atoms with van der Waals surface area (Å²) in [5.74, 6) is 0.307. The number of rotatable bonds is 5. The highest BCUT2D eigenvalue weighted by Gasteiger charge is 2.40. The van der Waals surface area contributed by atoms with Crippen molar-refractivity contribution < 1.29 is 13.2 Å². The van der Waals surface area contributed by atoms with Gasteiger partial charge in [0.05, 0.1) is 11.5 Å². The Labute approximate surface area is 126 Å². The van der Waals surface area contributed by atoms with Gasteiger partial charge in [0.2, 0.25) is 10.0 Å². The Balaban J connectivity index is 1.91. The van der Waals surface area contributed by atoms with Gasteiger partial charge < -0.3 is 10.5 Å². The summed E-state index contributed by atoms with van der Waals surface area (Å²) >= 11 is 0. The van der Waals surface area contributed by atoms with E-state index < -0.39 is 10.0 Å². The normalized spacial score (nSPS) is 22.9. The van der Waals surface area contributed by atoms with E-state index in [1.165, 1.54) is 0 Å². The monoisotopic (exact) mass is 310 g/mol. The van der Waals surface area contributed by atoms with E-state index in [2.05, 4.69) is 0 Å². The van der Waals surface area contributed by atoms with Crippen LogP contribution in [0.15, 0.2) is 23.1 Å². The lowest BCUT2D eigenvalue weighted by Gasteiger charge is -2.25. The van der Waals surface area contributed by atoms with Gasteiger partial charge in [0.15, 0.2) is 0 Å². The second kappa shape index (κ2) is 5.59. The summed E-state index contributed by atoms with van der Waals surface area (Å²) < 4.78 is 33.1. The Morgan fingerprint density at radius 1 is 1.33 bits per heavy atom. The lowest BCUT2D eigenvalue weighted by atomic mass is 10.1. The molecular formula is C15H22N2O3S. The molecule has 3 rings (SSSR count). The van der Waals surface area contributed by atoms with Crippen LogP contribution < -0.4 is 5.73 Å². The SMILES string of the molecule is Cc1c(N)cccc1S(=O)(=O)N(CC1CCOC1)C1CC1. The van der Waals surface area contributed by atoms with Crippen molar-refractivity contribution in [3.63, 3.8) is 0 Å². The molecule has 21 heavy (non-hydrogen) atoms. The smallest absolute Gasteiger partial charge is 0.243 e. The molecule has 1 aliphatic carbocycles. The van der Waals surface area contributed by atoms with Crippen molar-refractivity contribution in [2.45, 2.75) is 37.1 Å². The van der Waals surface area contributed by atoms with Crippen LogP contribution in [0.1, 0.15) is 24.8 Å². The maximum absolute atomic E-state index is 13.0. The van der Waals surface area contributed by atoms with Gasteiger partial charge >= 0.3 is 0 Å². The van der Waals surface area contributed by atoms with E-state index in [-0.39, 0.29) is 6.04 Å². The average Bonchev–Trinajstić information content (AvgIpc) is 3.15. The molecule has 6 heteroatoms. The Morgan fingerprint density at radius 2 is 2.10 bits per heavy atom. The van der Waals surface area contributed by atoms with Crippen molar-refractivity contribution in [1.82, 2.24) is 4.31 Å². The summed E-state index contributed by atoms with van der Waals surface area (Å²) in [6.07, 6.45) is 2.84. The zero-order chi connectivity index (χ0) is 15.0. The molecule has 1 saturated heterocycles. The Bertz CT molecular complexity index is 620. The third kappa shape index (κ3) is 2.93. The molecule has 0 amide bonds. The highest BCUT2D eigenvalue weighted by molar-refractivity contribution is 7.89. The Hall–Kier alpha value is -1.11. The largest absolute Gasteiger partial charge is 0.398 e. The van der Waals surface area contributed by atoms with Crippen molar-refractivity contribution in [3.8, 4) is 0 Å². The molecular weight excluding hydrogens is 288 g/mol. The third-order valence-corrected chi connectivity index (χ3v) is 6.39. The fourth-order valence-corrected chi connectivity index (χ4v) is 4.84. The van der Waals surface area contributed by atoms with Crippen molar-refractivity contribution in [2.75, 3.05) is 25.5 Å². The maximum Gasteiger partial charge on any atom is 0.243 e. The highest BCUT2D eigenvalue weighted by Crippen LogP contribution is 2.35. The number of ether oxygens (including phenoxy) is 1. The van der Waals surface area contributed by atoms with Gasteiger partial charge in [-0.05, 0) is 49.8 Å². The number of nitrogens with zero attached hydrogens (tertiary/aromatic N) is 1. The molecule has 1 unspecified atom stereocenters. The first-order valence-electron chi connectivity index (χ1n) is 7.45. The molecule has 1 heterocycles. The summed E-state index contributed by atoms with van der Waals surface area (Å²) in [5, 5.41) is 0. The van der Waals surface area contributed by atoms with Crippen LogP contribution in [0.3, 0.4) is 0 Å². The topological polar surface area (TPSA) is 72.6 Å². The molecule has 1 saturated carbocycles. The summed E-state index contributed by atoms with van der Waals surface area (Å²) in [6, 6.07) is 5.25. The van der Waals surface area contributed by atoms with E-state index >= 15 is 0 Å². The van der Waals surface area contributed by atoms with Crippen LogP contribution in [0.25, 0.3) is 0 Å². The van der Waals surface area contributed by atoms with Gasteiger partial charge in [-0.2, -0.15) is 4.31 Å². The molecule has 0 aromatic heterocycles. The Kier molecular flexibility index (Phi) is 3.94. The van der Waals surface area contributed by atoms with E-state index in [1.807, 2.05) is 0 Å². The predicted molar refractivity (Wildman–Crippen MR) is 81.4 cm³/mol. The average molecular weight is 310 g/mol. The lowest BCUT2D eigenvalue weighted by Crippen LogP contribution is -2.37. The van der Waals surface area contributed by atoms with E-state index in [4.69, 9.17) is 10.5 Å². The van der Waals surface area contributed by atoms with Crippen LogP contribution in [-0.2, 0) is 14.8 Å². The molecule has 0 bridgehead atoms. The van der Waals surface area contributed by atoms with Crippen molar-refractivity contribution >= 4 is 15.7 Å². The molecule has 1 aliphatic heterocycles. The van der Waals surface area contributed by atoms with Crippen LogP contribution in [0.4, 0.5) is 5.69 Å². The molecule has 1 aromatic carbocycles. The predicted octanol–water partition coefficient (Wildman–Crippen LogP) is 1.77. The summed E-state index contributed by atoms with van der Waals surface area (Å²) in [5.41, 5.74) is 7.04. The van der Waals surface area contributed by atoms with Gasteiger partial charge in [-0.15, -0.1) is 0 Å². The molecule has 2 fully saturated rings. The first kappa shape index (κ1) is 14.8. The highest BCUT2D eigenvalue weighted by atomic mass is 32.2. The number of nitrogen functional groups attached to an aromatic ring is 1. The number of hydrogen-bond donors (Lipinski definition) is 1. The number of hydrogen-bond acceptors (Lipinski definition) is 4. The lowest BCUT2D eigenvalue weighted by molar-refractivity contribution is 0.180. The van der Waals surface area contributed by atoms with Gasteiger partial charge in [0.25, 0.3) is 0 Å². The van der Waals surface area contributed by atoms with Gasteiger partial charge in [0, 0.05) is 24.9 Å². The quantitative estimate of drug-likeness (QED) is 0.841. The van der Waals surface area contributed by atoms with E-state index in [0.717, 1.165) is 25.9 Å². The number of sulfonamides is 1. The van der Waals surface area contributed by atoms with Crippen molar-refractivity contribution in [2.24, 2.45) is 5.92 Å². The number of anilines is 1. The number of benzene rings is 1. The van der Waals surface area contributed by atoms with E-state index in [9.17, 15) is 8.42 Å². The van der Waals surface area contributed by atoms with Crippen molar-refractivity contribution in [1.29, 1.82) is 0 Å². The number of nitrogens with two attached hydrogens (primary N) is 1. The second-order valence-corrected chi connectivity index (χ2v) is 7.86. The first-order chi connectivity index (χ1) is 10.00. The minimum absolute atomic E-state index is 0.149. The molecule has 1 atom stereocenters. The zero-order valence-corrected chi connectivity index (χ0v) is 13.1. The van der Waals surface area contributed by atoms with Gasteiger partial charge in [-0.1, -0.05) is 6.07 Å². The van der Waals surface area contributed by atoms with E-state index in [0.29, 0.717) is 35.2 Å². The zero-order valence-electron chi connectivity index (χ0n) is 12.3. The molecule has 0 spiro atoms. The first-order valence-corrected chi connectivity index (χ1v) is 8.89. The summed E-state index contributed by atoms with van der Waals surface area (Å²) in [4.78, 5) is 0.341. The summed E-state index contributed by atoms with van der Waals surface area (Å²) in [7, 11) is -3.48. The van der Waals surface area contributed by atoms with Gasteiger partial charge in [-0.3, -0.25) is 0 Å². The molecule has 116 valence electrons. The standard InChI is InChI=1S/C15H22N2O3S/c1-11-14(16)3-2-4-15(11)21(18,19)17(13-5-6-13)9-12-7-8-20-10-12/h2-4,12-13H,5-10,16H2,1H3. The Morgan fingerprint density at radius 3 is 2.71 bits per heavy atom. The molecule has 1 aromatic rings. The minimum atomic E-state index is -3.48. The minimum Gasteiger partial charge on any atom is -0.398 e. The molecule has 2 N–H and O–H groups in total. The summed E-state index contributed by atoms with van der Waals surface area (Å²) in [6.45, 7) is 3.72. The van der Waals surface area contributed by atoms with Crippen molar-refractivity contribution in [3.05, 3.63) is 23.8 Å². The van der Waals surface area contributed by atoms with Gasteiger partial charge in [0.1, 0.15) is 0 Å². The van der Waals surface area contributed by atoms with Crippen LogP contribution in [0.5, 0.6) is 0 Å². The van der Waals surface area contributed by atoms with E-state index in [1.54, 1.807) is 29.4 Å². The van der Waals surface area contributed by atoms with Gasteiger partial charge in [-0.25, -0.2) is 8.42 Å². The second-order valence-electron chi connectivity index (χ2n) is 6.01. The third-order valence-electron chi connectivity index (χ3n) is 4.33. The molecule has 2 aliphatic rings. The van der Waals surface area contributed by atoms with Crippen LogP contribution in [0.2, 0.25) is 0 Å². The molecule has 5 nitrogen and oxygen atoms in total. The maximum atomic E-state index is 13.0. The van der Waals surface area contributed by atoms with Crippen LogP contribution >= 0.6 is 0 Å².